The monoisotopic (exact) mass is 463 g/mol. The van der Waals surface area contributed by atoms with Crippen molar-refractivity contribution in [3.05, 3.63) is 69.7 Å². The Balaban J connectivity index is 1.25. The molecule has 5 rings (SSSR count). The number of nitrogens with zero attached hydrogens (tertiary/aromatic N) is 3. The molecule has 3 aromatic rings. The number of rotatable bonds is 4. The number of amides is 2. The van der Waals surface area contributed by atoms with Crippen LogP contribution in [0.15, 0.2) is 47.9 Å². The first kappa shape index (κ1) is 21.3. The van der Waals surface area contributed by atoms with Gasteiger partial charge in [-0.25, -0.2) is 0 Å². The van der Waals surface area contributed by atoms with Crippen LogP contribution < -0.4 is 9.47 Å². The van der Waals surface area contributed by atoms with Crippen molar-refractivity contribution in [3.8, 4) is 17.2 Å². The zero-order valence-corrected chi connectivity index (χ0v) is 19.4. The Kier molecular flexibility index (Phi) is 5.68. The quantitative estimate of drug-likeness (QED) is 0.551. The number of hydrogen-bond acceptors (Lipinski definition) is 5. The van der Waals surface area contributed by atoms with Gasteiger partial charge in [0.25, 0.3) is 5.91 Å². The smallest absolute Gasteiger partial charge is 0.264 e. The maximum atomic E-state index is 12.8. The van der Waals surface area contributed by atoms with E-state index in [0.717, 1.165) is 39.0 Å². The lowest BCUT2D eigenvalue weighted by atomic mass is 10.2. The second kappa shape index (κ2) is 8.78. The van der Waals surface area contributed by atoms with Gasteiger partial charge in [-0.2, -0.15) is 0 Å². The molecule has 33 heavy (non-hydrogen) atoms. The van der Waals surface area contributed by atoms with Crippen LogP contribution in [0.4, 0.5) is 0 Å². The molecule has 1 fully saturated rings. The minimum Gasteiger partial charge on any atom is -0.454 e. The molecule has 170 valence electrons. The highest BCUT2D eigenvalue weighted by Crippen LogP contribution is 2.35. The van der Waals surface area contributed by atoms with E-state index in [1.165, 1.54) is 11.3 Å². The number of benzene rings is 1. The molecule has 1 aromatic carbocycles. The Bertz CT molecular complexity index is 1220. The van der Waals surface area contributed by atoms with Gasteiger partial charge in [-0.1, -0.05) is 6.07 Å². The maximum absolute atomic E-state index is 12.8. The Morgan fingerprint density at radius 2 is 1.73 bits per heavy atom. The molecular formula is C25H25N3O4S. The van der Waals surface area contributed by atoms with Crippen molar-refractivity contribution in [2.75, 3.05) is 33.0 Å². The first-order valence-electron chi connectivity index (χ1n) is 10.9. The minimum atomic E-state index is -0.0360. The Labute approximate surface area is 196 Å². The molecule has 0 N–H and O–H groups in total. The van der Waals surface area contributed by atoms with Crippen LogP contribution in [-0.4, -0.2) is 59.2 Å². The van der Waals surface area contributed by atoms with E-state index in [1.54, 1.807) is 11.0 Å². The molecule has 2 aliphatic heterocycles. The summed E-state index contributed by atoms with van der Waals surface area (Å²) in [6, 6.07) is 11.7. The summed E-state index contributed by atoms with van der Waals surface area (Å²) in [4.78, 5) is 29.6. The van der Waals surface area contributed by atoms with Crippen LogP contribution in [0.3, 0.4) is 0 Å². The first-order chi connectivity index (χ1) is 16.0. The van der Waals surface area contributed by atoms with Crippen molar-refractivity contribution in [1.82, 2.24) is 14.4 Å². The summed E-state index contributed by atoms with van der Waals surface area (Å²) < 4.78 is 13.1. The van der Waals surface area contributed by atoms with Crippen LogP contribution in [-0.2, 0) is 4.79 Å². The van der Waals surface area contributed by atoms with Crippen LogP contribution in [0.1, 0.15) is 26.6 Å². The van der Waals surface area contributed by atoms with E-state index in [-0.39, 0.29) is 18.6 Å². The standard InChI is InChI=1S/C25H25N3O4S/c1-17-14-19(18(2)28(17)20-6-7-21-22(15-20)32-16-31-21)5-8-24(29)26-9-11-27(12-10-26)25(30)23-4-3-13-33-23/h3-8,13-15H,9-12,16H2,1-2H3/b8-5+. The van der Waals surface area contributed by atoms with Gasteiger partial charge < -0.3 is 23.8 Å². The zero-order valence-electron chi connectivity index (χ0n) is 18.6. The summed E-state index contributed by atoms with van der Waals surface area (Å²) in [6.45, 7) is 6.50. The van der Waals surface area contributed by atoms with Gasteiger partial charge in [-0.3, -0.25) is 9.59 Å². The van der Waals surface area contributed by atoms with E-state index in [4.69, 9.17) is 9.47 Å². The molecule has 0 radical (unpaired) electrons. The number of carbonyl (C=O) groups excluding carboxylic acids is 2. The van der Waals surface area contributed by atoms with Crippen molar-refractivity contribution in [2.45, 2.75) is 13.8 Å². The molecule has 2 aliphatic rings. The average Bonchev–Trinajstić information content (AvgIpc) is 3.57. The molecule has 2 aromatic heterocycles. The van der Waals surface area contributed by atoms with Gasteiger partial charge in [0.2, 0.25) is 12.7 Å². The fraction of sp³-hybridized carbons (Fsp3) is 0.280. The predicted octanol–water partition coefficient (Wildman–Crippen LogP) is 3.88. The highest BCUT2D eigenvalue weighted by atomic mass is 32.1. The summed E-state index contributed by atoms with van der Waals surface area (Å²) in [5, 5.41) is 1.90. The molecule has 8 heteroatoms. The molecule has 0 spiro atoms. The van der Waals surface area contributed by atoms with Crippen molar-refractivity contribution in [1.29, 1.82) is 0 Å². The lowest BCUT2D eigenvalue weighted by Crippen LogP contribution is -2.50. The minimum absolute atomic E-state index is 0.0360. The third-order valence-electron chi connectivity index (χ3n) is 6.10. The summed E-state index contributed by atoms with van der Waals surface area (Å²) in [7, 11) is 0. The van der Waals surface area contributed by atoms with Gasteiger partial charge >= 0.3 is 0 Å². The summed E-state index contributed by atoms with van der Waals surface area (Å²) >= 11 is 1.45. The maximum Gasteiger partial charge on any atom is 0.264 e. The van der Waals surface area contributed by atoms with Crippen molar-refractivity contribution in [3.63, 3.8) is 0 Å². The average molecular weight is 464 g/mol. The molecule has 0 aliphatic carbocycles. The largest absolute Gasteiger partial charge is 0.454 e. The van der Waals surface area contributed by atoms with Gasteiger partial charge in [0, 0.05) is 55.4 Å². The third kappa shape index (κ3) is 4.14. The van der Waals surface area contributed by atoms with Crippen LogP contribution in [0.5, 0.6) is 11.5 Å². The summed E-state index contributed by atoms with van der Waals surface area (Å²) in [5.41, 5.74) is 4.10. The molecule has 4 heterocycles. The number of carbonyl (C=O) groups is 2. The van der Waals surface area contributed by atoms with Crippen LogP contribution in [0.25, 0.3) is 11.8 Å². The fourth-order valence-corrected chi connectivity index (χ4v) is 5.02. The normalized spacial score (nSPS) is 15.5. The lowest BCUT2D eigenvalue weighted by Gasteiger charge is -2.34. The van der Waals surface area contributed by atoms with E-state index < -0.39 is 0 Å². The second-order valence-electron chi connectivity index (χ2n) is 8.13. The van der Waals surface area contributed by atoms with Gasteiger partial charge in [0.15, 0.2) is 11.5 Å². The van der Waals surface area contributed by atoms with Crippen LogP contribution in [0.2, 0.25) is 0 Å². The number of piperazine rings is 1. The van der Waals surface area contributed by atoms with E-state index in [0.29, 0.717) is 26.2 Å². The zero-order chi connectivity index (χ0) is 22.9. The van der Waals surface area contributed by atoms with Crippen molar-refractivity contribution in [2.24, 2.45) is 0 Å². The number of thiophene rings is 1. The van der Waals surface area contributed by atoms with E-state index in [1.807, 2.05) is 60.5 Å². The van der Waals surface area contributed by atoms with E-state index in [2.05, 4.69) is 10.6 Å². The number of aromatic nitrogens is 1. The Hall–Kier alpha value is -3.52. The molecule has 0 saturated carbocycles. The number of ether oxygens (including phenoxy) is 2. The number of fused-ring (bicyclic) bond motifs is 1. The van der Waals surface area contributed by atoms with E-state index >= 15 is 0 Å². The van der Waals surface area contributed by atoms with Gasteiger partial charge in [0.1, 0.15) is 0 Å². The fourth-order valence-electron chi connectivity index (χ4n) is 4.33. The highest BCUT2D eigenvalue weighted by molar-refractivity contribution is 7.12. The van der Waals surface area contributed by atoms with Crippen molar-refractivity contribution >= 4 is 29.2 Å². The molecular weight excluding hydrogens is 438 g/mol. The predicted molar refractivity (Wildman–Crippen MR) is 127 cm³/mol. The Morgan fingerprint density at radius 3 is 2.48 bits per heavy atom. The molecule has 2 amide bonds. The van der Waals surface area contributed by atoms with Gasteiger partial charge in [-0.15, -0.1) is 11.3 Å². The Morgan fingerprint density at radius 1 is 0.970 bits per heavy atom. The van der Waals surface area contributed by atoms with Crippen molar-refractivity contribution < 1.29 is 19.1 Å². The SMILES string of the molecule is Cc1cc(/C=C/C(=O)N2CCN(C(=O)c3cccs3)CC2)c(C)n1-c1ccc2c(c1)OCO2. The third-order valence-corrected chi connectivity index (χ3v) is 6.96. The topological polar surface area (TPSA) is 64.0 Å². The molecule has 0 atom stereocenters. The molecule has 0 bridgehead atoms. The summed E-state index contributed by atoms with van der Waals surface area (Å²) in [5.74, 6) is 1.50. The lowest BCUT2D eigenvalue weighted by molar-refractivity contribution is -0.127. The molecule has 1 saturated heterocycles. The van der Waals surface area contributed by atoms with Gasteiger partial charge in [-0.05, 0) is 55.1 Å². The number of hydrogen-bond donors (Lipinski definition) is 0. The molecule has 7 nitrogen and oxygen atoms in total. The van der Waals surface area contributed by atoms with Gasteiger partial charge in [0.05, 0.1) is 4.88 Å². The van der Waals surface area contributed by atoms with Crippen LogP contribution >= 0.6 is 11.3 Å². The second-order valence-corrected chi connectivity index (χ2v) is 9.08. The van der Waals surface area contributed by atoms with E-state index in [9.17, 15) is 9.59 Å². The van der Waals surface area contributed by atoms with Crippen LogP contribution in [0, 0.1) is 13.8 Å². The number of aryl methyl sites for hydroxylation is 1. The summed E-state index contributed by atoms with van der Waals surface area (Å²) in [6.07, 6.45) is 3.50. The highest BCUT2D eigenvalue weighted by Gasteiger charge is 2.24. The first-order valence-corrected chi connectivity index (χ1v) is 11.8. The molecule has 0 unspecified atom stereocenters.